The molecule has 1 saturated heterocycles. The number of carbonyl (C=O) groups is 1. The first-order chi connectivity index (χ1) is 9.72. The van der Waals surface area contributed by atoms with Crippen LogP contribution in [0.3, 0.4) is 0 Å². The highest BCUT2D eigenvalue weighted by atomic mass is 32.2. The number of hydrogen-bond acceptors (Lipinski definition) is 2. The average Bonchev–Trinajstić information content (AvgIpc) is 2.99. The third-order valence-electron chi connectivity index (χ3n) is 5.00. The summed E-state index contributed by atoms with van der Waals surface area (Å²) in [5.74, 6) is 2.47. The van der Waals surface area contributed by atoms with Crippen LogP contribution in [0.1, 0.15) is 55.6 Å². The van der Waals surface area contributed by atoms with E-state index in [-0.39, 0.29) is 0 Å². The van der Waals surface area contributed by atoms with Gasteiger partial charge in [0, 0.05) is 0 Å². The number of benzene rings is 1. The third kappa shape index (κ3) is 2.48. The number of aliphatic carboxylic acids is 1. The average molecular weight is 290 g/mol. The molecule has 1 aliphatic carbocycles. The second kappa shape index (κ2) is 5.80. The molecule has 0 bridgehead atoms. The Labute approximate surface area is 125 Å². The van der Waals surface area contributed by atoms with Gasteiger partial charge in [0.15, 0.2) is 0 Å². The monoisotopic (exact) mass is 290 g/mol. The van der Waals surface area contributed by atoms with Crippen LogP contribution in [0.4, 0.5) is 0 Å². The molecule has 1 N–H and O–H groups in total. The van der Waals surface area contributed by atoms with E-state index in [0.717, 1.165) is 31.2 Å². The van der Waals surface area contributed by atoms with Gasteiger partial charge in [-0.25, -0.2) is 0 Å². The standard InChI is InChI=1S/C17H22O2S/c18-16(19)17(8-1-2-9-17)15-5-3-4-14(12-15)13-6-10-20-11-7-13/h3-5,12-13H,1-2,6-11H2,(H,18,19). The van der Waals surface area contributed by atoms with Crippen LogP contribution < -0.4 is 0 Å². The zero-order chi connectivity index (χ0) is 14.0. The predicted molar refractivity (Wildman–Crippen MR) is 83.5 cm³/mol. The molecule has 3 heteroatoms. The van der Waals surface area contributed by atoms with Gasteiger partial charge >= 0.3 is 5.97 Å². The Morgan fingerprint density at radius 1 is 1.20 bits per heavy atom. The summed E-state index contributed by atoms with van der Waals surface area (Å²) in [5, 5.41) is 9.72. The first-order valence-corrected chi connectivity index (χ1v) is 8.79. The van der Waals surface area contributed by atoms with Gasteiger partial charge in [0.1, 0.15) is 0 Å². The van der Waals surface area contributed by atoms with Gasteiger partial charge < -0.3 is 5.11 Å². The number of rotatable bonds is 3. The van der Waals surface area contributed by atoms with Gasteiger partial charge in [-0.3, -0.25) is 4.79 Å². The van der Waals surface area contributed by atoms with E-state index in [0.29, 0.717) is 5.92 Å². The molecule has 3 rings (SSSR count). The van der Waals surface area contributed by atoms with Crippen LogP contribution in [0.25, 0.3) is 0 Å². The normalized spacial score (nSPS) is 22.8. The Hall–Kier alpha value is -0.960. The molecule has 1 aliphatic heterocycles. The molecule has 2 aliphatic rings. The first-order valence-electron chi connectivity index (χ1n) is 7.64. The lowest BCUT2D eigenvalue weighted by Crippen LogP contribution is -2.32. The molecule has 0 spiro atoms. The molecule has 2 fully saturated rings. The van der Waals surface area contributed by atoms with E-state index >= 15 is 0 Å². The number of carboxylic acid groups (broad SMARTS) is 1. The van der Waals surface area contributed by atoms with Gasteiger partial charge in [0.05, 0.1) is 5.41 Å². The van der Waals surface area contributed by atoms with Crippen molar-refractivity contribution in [3.63, 3.8) is 0 Å². The van der Waals surface area contributed by atoms with Gasteiger partial charge in [0.2, 0.25) is 0 Å². The molecule has 1 aromatic rings. The minimum Gasteiger partial charge on any atom is -0.481 e. The number of hydrogen-bond donors (Lipinski definition) is 1. The van der Waals surface area contributed by atoms with Crippen LogP contribution in [0, 0.1) is 0 Å². The van der Waals surface area contributed by atoms with Gasteiger partial charge in [-0.05, 0) is 54.2 Å². The summed E-state index contributed by atoms with van der Waals surface area (Å²) in [7, 11) is 0. The second-order valence-electron chi connectivity index (χ2n) is 6.11. The molecule has 0 aromatic heterocycles. The lowest BCUT2D eigenvalue weighted by atomic mass is 9.77. The Kier molecular flexibility index (Phi) is 4.06. The van der Waals surface area contributed by atoms with Crippen molar-refractivity contribution in [2.75, 3.05) is 11.5 Å². The van der Waals surface area contributed by atoms with Crippen molar-refractivity contribution in [2.45, 2.75) is 49.9 Å². The fraction of sp³-hybridized carbons (Fsp3) is 0.588. The zero-order valence-corrected chi connectivity index (χ0v) is 12.6. The molecule has 1 heterocycles. The fourth-order valence-corrected chi connectivity index (χ4v) is 4.83. The molecule has 0 atom stereocenters. The van der Waals surface area contributed by atoms with E-state index < -0.39 is 11.4 Å². The molecule has 1 saturated carbocycles. The van der Waals surface area contributed by atoms with E-state index in [1.165, 1.54) is 29.9 Å². The van der Waals surface area contributed by atoms with E-state index in [2.05, 4.69) is 18.2 Å². The predicted octanol–water partition coefficient (Wildman–Crippen LogP) is 4.19. The van der Waals surface area contributed by atoms with Crippen LogP contribution in [0.2, 0.25) is 0 Å². The molecular weight excluding hydrogens is 268 g/mol. The maximum Gasteiger partial charge on any atom is 0.314 e. The van der Waals surface area contributed by atoms with E-state index in [1.54, 1.807) is 0 Å². The van der Waals surface area contributed by atoms with Crippen molar-refractivity contribution < 1.29 is 9.90 Å². The highest BCUT2D eigenvalue weighted by Gasteiger charge is 2.43. The Bertz CT molecular complexity index is 486. The third-order valence-corrected chi connectivity index (χ3v) is 6.05. The molecule has 0 radical (unpaired) electrons. The van der Waals surface area contributed by atoms with E-state index in [1.807, 2.05) is 17.8 Å². The summed E-state index contributed by atoms with van der Waals surface area (Å²) >= 11 is 2.03. The Morgan fingerprint density at radius 3 is 2.55 bits per heavy atom. The van der Waals surface area contributed by atoms with Crippen molar-refractivity contribution in [2.24, 2.45) is 0 Å². The Morgan fingerprint density at radius 2 is 1.90 bits per heavy atom. The van der Waals surface area contributed by atoms with Crippen LogP contribution >= 0.6 is 11.8 Å². The van der Waals surface area contributed by atoms with Crippen molar-refractivity contribution in [3.05, 3.63) is 35.4 Å². The van der Waals surface area contributed by atoms with Gasteiger partial charge in [-0.1, -0.05) is 37.1 Å². The summed E-state index contributed by atoms with van der Waals surface area (Å²) in [4.78, 5) is 11.8. The molecule has 20 heavy (non-hydrogen) atoms. The largest absolute Gasteiger partial charge is 0.481 e. The lowest BCUT2D eigenvalue weighted by molar-refractivity contribution is -0.143. The van der Waals surface area contributed by atoms with Crippen molar-refractivity contribution in [3.8, 4) is 0 Å². The zero-order valence-electron chi connectivity index (χ0n) is 11.8. The first kappa shape index (κ1) is 14.0. The minimum atomic E-state index is -0.633. The molecule has 2 nitrogen and oxygen atoms in total. The van der Waals surface area contributed by atoms with Gasteiger partial charge in [0.25, 0.3) is 0 Å². The van der Waals surface area contributed by atoms with Crippen molar-refractivity contribution >= 4 is 17.7 Å². The molecule has 108 valence electrons. The highest BCUT2D eigenvalue weighted by molar-refractivity contribution is 7.99. The summed E-state index contributed by atoms with van der Waals surface area (Å²) in [6, 6.07) is 8.48. The minimum absolute atomic E-state index is 0.612. The topological polar surface area (TPSA) is 37.3 Å². The van der Waals surface area contributed by atoms with Crippen molar-refractivity contribution in [1.82, 2.24) is 0 Å². The number of carboxylic acids is 1. The van der Waals surface area contributed by atoms with Crippen molar-refractivity contribution in [1.29, 1.82) is 0 Å². The van der Waals surface area contributed by atoms with Crippen LogP contribution in [-0.4, -0.2) is 22.6 Å². The van der Waals surface area contributed by atoms with E-state index in [4.69, 9.17) is 0 Å². The van der Waals surface area contributed by atoms with E-state index in [9.17, 15) is 9.90 Å². The van der Waals surface area contributed by atoms with Crippen LogP contribution in [0.5, 0.6) is 0 Å². The molecule has 0 unspecified atom stereocenters. The van der Waals surface area contributed by atoms with Gasteiger partial charge in [-0.2, -0.15) is 11.8 Å². The number of thioether (sulfide) groups is 1. The lowest BCUT2D eigenvalue weighted by Gasteiger charge is -2.27. The second-order valence-corrected chi connectivity index (χ2v) is 7.33. The van der Waals surface area contributed by atoms with Crippen LogP contribution in [-0.2, 0) is 10.2 Å². The molecule has 0 amide bonds. The van der Waals surface area contributed by atoms with Crippen LogP contribution in [0.15, 0.2) is 24.3 Å². The SMILES string of the molecule is O=C(O)C1(c2cccc(C3CCSCC3)c2)CCCC1. The highest BCUT2D eigenvalue weighted by Crippen LogP contribution is 2.42. The quantitative estimate of drug-likeness (QED) is 0.906. The fourth-order valence-electron chi connectivity index (χ4n) is 3.73. The summed E-state index contributed by atoms with van der Waals surface area (Å²) in [6.07, 6.45) is 6.13. The molecular formula is C17H22O2S. The summed E-state index contributed by atoms with van der Waals surface area (Å²) < 4.78 is 0. The summed E-state index contributed by atoms with van der Waals surface area (Å²) in [5.41, 5.74) is 1.79. The van der Waals surface area contributed by atoms with Gasteiger partial charge in [-0.15, -0.1) is 0 Å². The molecule has 1 aromatic carbocycles. The summed E-state index contributed by atoms with van der Waals surface area (Å²) in [6.45, 7) is 0. The smallest absolute Gasteiger partial charge is 0.314 e. The maximum atomic E-state index is 11.8. The maximum absolute atomic E-state index is 11.8. The Balaban J connectivity index is 1.91.